The van der Waals surface area contributed by atoms with Crippen molar-refractivity contribution in [1.29, 1.82) is 0 Å². The summed E-state index contributed by atoms with van der Waals surface area (Å²) in [5, 5.41) is 0.649. The van der Waals surface area contributed by atoms with Crippen LogP contribution in [0.4, 0.5) is 9.52 Å². The second-order valence-electron chi connectivity index (χ2n) is 6.08. The van der Waals surface area contributed by atoms with Gasteiger partial charge < -0.3 is 4.57 Å². The van der Waals surface area contributed by atoms with Crippen LogP contribution in [0.25, 0.3) is 10.2 Å². The summed E-state index contributed by atoms with van der Waals surface area (Å²) in [6.07, 6.45) is 6.13. The van der Waals surface area contributed by atoms with Crippen LogP contribution in [0.2, 0.25) is 0 Å². The zero-order valence-corrected chi connectivity index (χ0v) is 16.5. The summed E-state index contributed by atoms with van der Waals surface area (Å²) in [5.41, 5.74) is 1.31. The van der Waals surface area contributed by atoms with E-state index in [0.717, 1.165) is 23.2 Å². The number of carbonyl (C=O) groups excluding carboxylic acids is 1. The SMILES string of the molecule is Cl.O=C(c1ccc(F)cc1)N(CCCn1ccnc1)c1nc2ccccc2s1. The number of benzene rings is 2. The third kappa shape index (κ3) is 4.37. The second kappa shape index (κ2) is 8.95. The number of imidazole rings is 1. The molecule has 1 amide bonds. The highest BCUT2D eigenvalue weighted by Gasteiger charge is 2.21. The summed E-state index contributed by atoms with van der Waals surface area (Å²) in [5.74, 6) is -0.544. The number of fused-ring (bicyclic) bond motifs is 1. The topological polar surface area (TPSA) is 51.0 Å². The number of amides is 1. The minimum atomic E-state index is -0.363. The highest BCUT2D eigenvalue weighted by molar-refractivity contribution is 7.22. The molecular weight excluding hydrogens is 399 g/mol. The Balaban J connectivity index is 0.00000225. The van der Waals surface area contributed by atoms with Crippen molar-refractivity contribution in [3.63, 3.8) is 0 Å². The number of para-hydroxylation sites is 1. The van der Waals surface area contributed by atoms with Gasteiger partial charge in [-0.05, 0) is 42.8 Å². The average Bonchev–Trinajstić information content (AvgIpc) is 3.34. The van der Waals surface area contributed by atoms with E-state index >= 15 is 0 Å². The van der Waals surface area contributed by atoms with Gasteiger partial charge in [-0.15, -0.1) is 12.4 Å². The Morgan fingerprint density at radius 2 is 1.93 bits per heavy atom. The van der Waals surface area contributed by atoms with Crippen LogP contribution in [0.15, 0.2) is 67.3 Å². The fourth-order valence-electron chi connectivity index (χ4n) is 2.84. The van der Waals surface area contributed by atoms with Gasteiger partial charge in [0.05, 0.1) is 16.5 Å². The molecule has 0 radical (unpaired) electrons. The van der Waals surface area contributed by atoms with Crippen molar-refractivity contribution in [2.24, 2.45) is 0 Å². The molecular formula is C20H18ClFN4OS. The van der Waals surface area contributed by atoms with Crippen LogP contribution < -0.4 is 4.90 Å². The van der Waals surface area contributed by atoms with Gasteiger partial charge in [0.25, 0.3) is 5.91 Å². The normalized spacial score (nSPS) is 10.6. The Morgan fingerprint density at radius 1 is 1.14 bits per heavy atom. The van der Waals surface area contributed by atoms with Crippen molar-refractivity contribution in [3.8, 4) is 0 Å². The molecule has 0 aliphatic carbocycles. The van der Waals surface area contributed by atoms with Gasteiger partial charge in [-0.25, -0.2) is 14.4 Å². The second-order valence-corrected chi connectivity index (χ2v) is 7.09. The van der Waals surface area contributed by atoms with Crippen LogP contribution in [0.3, 0.4) is 0 Å². The van der Waals surface area contributed by atoms with E-state index in [-0.39, 0.29) is 24.1 Å². The zero-order valence-electron chi connectivity index (χ0n) is 14.9. The molecule has 8 heteroatoms. The number of rotatable bonds is 6. The van der Waals surface area contributed by atoms with E-state index in [4.69, 9.17) is 0 Å². The number of aromatic nitrogens is 3. The van der Waals surface area contributed by atoms with Crippen LogP contribution in [0.1, 0.15) is 16.8 Å². The predicted molar refractivity (Wildman–Crippen MR) is 112 cm³/mol. The molecule has 0 spiro atoms. The molecule has 2 aromatic carbocycles. The zero-order chi connectivity index (χ0) is 18.6. The van der Waals surface area contributed by atoms with Crippen molar-refractivity contribution >= 4 is 45.0 Å². The lowest BCUT2D eigenvalue weighted by Gasteiger charge is -2.20. The van der Waals surface area contributed by atoms with E-state index in [2.05, 4.69) is 9.97 Å². The number of hydrogen-bond donors (Lipinski definition) is 0. The highest BCUT2D eigenvalue weighted by atomic mass is 35.5. The minimum absolute atomic E-state index is 0. The van der Waals surface area contributed by atoms with Crippen molar-refractivity contribution in [2.75, 3.05) is 11.4 Å². The maximum Gasteiger partial charge on any atom is 0.260 e. The molecule has 28 heavy (non-hydrogen) atoms. The van der Waals surface area contributed by atoms with Gasteiger partial charge in [-0.2, -0.15) is 0 Å². The first-order valence-electron chi connectivity index (χ1n) is 8.59. The largest absolute Gasteiger partial charge is 0.337 e. The van der Waals surface area contributed by atoms with Crippen LogP contribution in [0.5, 0.6) is 0 Å². The van der Waals surface area contributed by atoms with E-state index in [1.807, 2.05) is 35.0 Å². The summed E-state index contributed by atoms with van der Waals surface area (Å²) >= 11 is 1.48. The van der Waals surface area contributed by atoms with Gasteiger partial charge >= 0.3 is 0 Å². The van der Waals surface area contributed by atoms with Gasteiger partial charge in [-0.3, -0.25) is 9.69 Å². The van der Waals surface area contributed by atoms with Crippen LogP contribution >= 0.6 is 23.7 Å². The van der Waals surface area contributed by atoms with Crippen molar-refractivity contribution < 1.29 is 9.18 Å². The molecule has 0 saturated carbocycles. The van der Waals surface area contributed by atoms with Crippen LogP contribution in [-0.2, 0) is 6.54 Å². The summed E-state index contributed by atoms with van der Waals surface area (Å²) in [4.78, 5) is 23.4. The molecule has 2 heterocycles. The van der Waals surface area contributed by atoms with Gasteiger partial charge in [0.2, 0.25) is 0 Å². The van der Waals surface area contributed by atoms with E-state index in [0.29, 0.717) is 17.2 Å². The lowest BCUT2D eigenvalue weighted by Crippen LogP contribution is -2.32. The fraction of sp³-hybridized carbons (Fsp3) is 0.150. The average molecular weight is 417 g/mol. The monoisotopic (exact) mass is 416 g/mol. The molecule has 144 valence electrons. The maximum absolute atomic E-state index is 13.2. The molecule has 0 fully saturated rings. The molecule has 0 atom stereocenters. The standard InChI is InChI=1S/C20H17FN4OS.ClH/c21-16-8-6-15(7-9-16)19(26)25(12-3-11-24-13-10-22-14-24)20-23-17-4-1-2-5-18(17)27-20;/h1-2,4-10,13-14H,3,11-12H2;1H. The molecule has 0 bridgehead atoms. The Kier molecular flexibility index (Phi) is 6.38. The van der Waals surface area contributed by atoms with E-state index in [1.54, 1.807) is 17.4 Å². The summed E-state index contributed by atoms with van der Waals surface area (Å²) in [7, 11) is 0. The number of nitrogens with zero attached hydrogens (tertiary/aromatic N) is 4. The third-order valence-electron chi connectivity index (χ3n) is 4.21. The number of thiazole rings is 1. The third-order valence-corrected chi connectivity index (χ3v) is 5.27. The van der Waals surface area contributed by atoms with Crippen LogP contribution in [0, 0.1) is 5.82 Å². The lowest BCUT2D eigenvalue weighted by atomic mass is 10.2. The molecule has 4 rings (SSSR count). The Hall–Kier alpha value is -2.77. The van der Waals surface area contributed by atoms with Crippen molar-refractivity contribution in [3.05, 3.63) is 78.6 Å². The fourth-order valence-corrected chi connectivity index (χ4v) is 3.83. The Labute approximate surface area is 171 Å². The number of aryl methyl sites for hydroxylation is 1. The summed E-state index contributed by atoms with van der Waals surface area (Å²) in [6.45, 7) is 1.26. The minimum Gasteiger partial charge on any atom is -0.337 e. The molecule has 0 saturated heterocycles. The van der Waals surface area contributed by atoms with Crippen LogP contribution in [-0.4, -0.2) is 27.0 Å². The van der Waals surface area contributed by atoms with E-state index in [9.17, 15) is 9.18 Å². The number of anilines is 1. The van der Waals surface area contributed by atoms with E-state index in [1.165, 1.54) is 35.6 Å². The first-order valence-corrected chi connectivity index (χ1v) is 9.41. The number of carbonyl (C=O) groups is 1. The highest BCUT2D eigenvalue weighted by Crippen LogP contribution is 2.29. The molecule has 0 aliphatic heterocycles. The molecule has 4 aromatic rings. The first-order chi connectivity index (χ1) is 13.2. The van der Waals surface area contributed by atoms with Gasteiger partial charge in [0.15, 0.2) is 5.13 Å². The van der Waals surface area contributed by atoms with Gasteiger partial charge in [0, 0.05) is 31.0 Å². The van der Waals surface area contributed by atoms with Gasteiger partial charge in [-0.1, -0.05) is 23.5 Å². The number of hydrogen-bond acceptors (Lipinski definition) is 4. The number of halogens is 2. The summed E-state index contributed by atoms with van der Waals surface area (Å²) < 4.78 is 16.2. The molecule has 0 aliphatic rings. The maximum atomic E-state index is 13.2. The molecule has 0 unspecified atom stereocenters. The molecule has 5 nitrogen and oxygen atoms in total. The first kappa shape index (κ1) is 20.0. The molecule has 0 N–H and O–H groups in total. The summed E-state index contributed by atoms with van der Waals surface area (Å²) in [6, 6.07) is 13.4. The predicted octanol–water partition coefficient (Wildman–Crippen LogP) is 4.79. The van der Waals surface area contributed by atoms with Crippen molar-refractivity contribution in [2.45, 2.75) is 13.0 Å². The smallest absolute Gasteiger partial charge is 0.260 e. The lowest BCUT2D eigenvalue weighted by molar-refractivity contribution is 0.0986. The molecule has 2 aromatic heterocycles. The quantitative estimate of drug-likeness (QED) is 0.454. The van der Waals surface area contributed by atoms with Crippen molar-refractivity contribution in [1.82, 2.24) is 14.5 Å². The van der Waals surface area contributed by atoms with E-state index < -0.39 is 0 Å². The Bertz CT molecular complexity index is 1020. The van der Waals surface area contributed by atoms with Gasteiger partial charge in [0.1, 0.15) is 5.82 Å². The Morgan fingerprint density at radius 3 is 2.64 bits per heavy atom.